The standard InChI is InChI=1S/C30H32N4O5/c1-3-38-24-18-34(19-24)30(35)25-6-4-20(14-28(25)36-2)15-29-32-11-8-26(33-29)21-5-7-27(22(16-21)17-31)39-23-9-12-37-13-10-23/h4-8,11,14,16,23-24H,3,9-10,12-13,15,18-19H2,1-2H3. The molecule has 39 heavy (non-hydrogen) atoms. The van der Waals surface area contributed by atoms with Crippen molar-refractivity contribution in [2.75, 3.05) is 40.0 Å². The highest BCUT2D eigenvalue weighted by atomic mass is 16.5. The van der Waals surface area contributed by atoms with E-state index >= 15 is 0 Å². The molecule has 5 rings (SSSR count). The van der Waals surface area contributed by atoms with E-state index in [1.54, 1.807) is 30.3 Å². The van der Waals surface area contributed by atoms with E-state index in [4.69, 9.17) is 23.9 Å². The molecule has 0 spiro atoms. The van der Waals surface area contributed by atoms with Crippen molar-refractivity contribution in [2.45, 2.75) is 38.4 Å². The molecular weight excluding hydrogens is 496 g/mol. The van der Waals surface area contributed by atoms with Crippen molar-refractivity contribution in [1.29, 1.82) is 5.26 Å². The first-order chi connectivity index (χ1) is 19.1. The number of hydrogen-bond donors (Lipinski definition) is 0. The summed E-state index contributed by atoms with van der Waals surface area (Å²) >= 11 is 0. The minimum absolute atomic E-state index is 0.0546. The SMILES string of the molecule is CCOC1CN(C(=O)c2ccc(Cc3nccc(-c4ccc(OC5CCOCC5)c(C#N)c4)n3)cc2OC)C1. The zero-order valence-electron chi connectivity index (χ0n) is 22.3. The molecule has 0 radical (unpaired) electrons. The summed E-state index contributed by atoms with van der Waals surface area (Å²) in [6.07, 6.45) is 3.96. The van der Waals surface area contributed by atoms with Crippen LogP contribution in [0.15, 0.2) is 48.7 Å². The molecule has 9 heteroatoms. The maximum Gasteiger partial charge on any atom is 0.257 e. The normalized spacial score (nSPS) is 15.9. The smallest absolute Gasteiger partial charge is 0.257 e. The number of carbonyl (C=O) groups is 1. The maximum atomic E-state index is 12.9. The second-order valence-electron chi connectivity index (χ2n) is 9.61. The summed E-state index contributed by atoms with van der Waals surface area (Å²) in [6, 6.07) is 15.2. The number of amides is 1. The van der Waals surface area contributed by atoms with E-state index in [2.05, 4.69) is 11.1 Å². The Hall–Kier alpha value is -4.00. The van der Waals surface area contributed by atoms with Gasteiger partial charge in [0.05, 0.1) is 43.2 Å². The molecule has 202 valence electrons. The summed E-state index contributed by atoms with van der Waals surface area (Å²) in [5.41, 5.74) is 3.45. The van der Waals surface area contributed by atoms with Gasteiger partial charge < -0.3 is 23.8 Å². The number of aromatic nitrogens is 2. The van der Waals surface area contributed by atoms with Gasteiger partial charge in [-0.2, -0.15) is 5.26 Å². The number of hydrogen-bond acceptors (Lipinski definition) is 8. The summed E-state index contributed by atoms with van der Waals surface area (Å²) in [5, 5.41) is 9.74. The fourth-order valence-electron chi connectivity index (χ4n) is 4.82. The maximum absolute atomic E-state index is 12.9. The average molecular weight is 529 g/mol. The van der Waals surface area contributed by atoms with E-state index < -0.39 is 0 Å². The Bertz CT molecular complexity index is 1360. The second-order valence-corrected chi connectivity index (χ2v) is 9.61. The minimum Gasteiger partial charge on any atom is -0.496 e. The van der Waals surface area contributed by atoms with E-state index in [0.717, 1.165) is 29.7 Å². The quantitative estimate of drug-likeness (QED) is 0.410. The number of nitriles is 1. The fourth-order valence-corrected chi connectivity index (χ4v) is 4.82. The first kappa shape index (κ1) is 26.6. The van der Waals surface area contributed by atoms with Crippen LogP contribution in [0.3, 0.4) is 0 Å². The molecule has 0 aliphatic carbocycles. The molecular formula is C30H32N4O5. The third-order valence-corrected chi connectivity index (χ3v) is 6.96. The Morgan fingerprint density at radius 2 is 1.92 bits per heavy atom. The van der Waals surface area contributed by atoms with Crippen LogP contribution in [0.4, 0.5) is 0 Å². The molecule has 2 aliphatic rings. The van der Waals surface area contributed by atoms with Crippen molar-refractivity contribution in [3.8, 4) is 28.8 Å². The van der Waals surface area contributed by atoms with Crippen molar-refractivity contribution in [3.63, 3.8) is 0 Å². The van der Waals surface area contributed by atoms with Crippen LogP contribution in [0.2, 0.25) is 0 Å². The largest absolute Gasteiger partial charge is 0.496 e. The van der Waals surface area contributed by atoms with Gasteiger partial charge in [0.25, 0.3) is 5.91 Å². The van der Waals surface area contributed by atoms with Gasteiger partial charge in [-0.15, -0.1) is 0 Å². The molecule has 1 amide bonds. The molecule has 2 aromatic carbocycles. The highest BCUT2D eigenvalue weighted by Gasteiger charge is 2.32. The Morgan fingerprint density at radius 1 is 1.10 bits per heavy atom. The number of carbonyl (C=O) groups excluding carboxylic acids is 1. The van der Waals surface area contributed by atoms with Gasteiger partial charge in [0.2, 0.25) is 0 Å². The Labute approximate surface area is 228 Å². The van der Waals surface area contributed by atoms with Gasteiger partial charge in [-0.25, -0.2) is 9.97 Å². The lowest BCUT2D eigenvalue weighted by atomic mass is 10.0. The lowest BCUT2D eigenvalue weighted by molar-refractivity contribution is -0.0379. The van der Waals surface area contributed by atoms with Gasteiger partial charge in [-0.3, -0.25) is 4.79 Å². The van der Waals surface area contributed by atoms with Crippen molar-refractivity contribution in [2.24, 2.45) is 0 Å². The van der Waals surface area contributed by atoms with Crippen LogP contribution in [0.1, 0.15) is 47.1 Å². The lowest BCUT2D eigenvalue weighted by Crippen LogP contribution is -2.54. The Balaban J connectivity index is 1.29. The number of ether oxygens (including phenoxy) is 4. The van der Waals surface area contributed by atoms with Crippen LogP contribution >= 0.6 is 0 Å². The Morgan fingerprint density at radius 3 is 2.67 bits per heavy atom. The topological polar surface area (TPSA) is 107 Å². The van der Waals surface area contributed by atoms with E-state index in [1.807, 2.05) is 37.3 Å². The lowest BCUT2D eigenvalue weighted by Gasteiger charge is -2.38. The average Bonchev–Trinajstić information content (AvgIpc) is 2.95. The van der Waals surface area contributed by atoms with Gasteiger partial charge in [0.1, 0.15) is 29.5 Å². The molecule has 2 fully saturated rings. The van der Waals surface area contributed by atoms with Crippen molar-refractivity contribution < 1.29 is 23.7 Å². The molecule has 0 unspecified atom stereocenters. The van der Waals surface area contributed by atoms with Crippen LogP contribution in [0, 0.1) is 11.3 Å². The molecule has 0 saturated carbocycles. The summed E-state index contributed by atoms with van der Waals surface area (Å²) in [4.78, 5) is 23.9. The summed E-state index contributed by atoms with van der Waals surface area (Å²) < 4.78 is 22.6. The molecule has 1 aromatic heterocycles. The fraction of sp³-hybridized carbons (Fsp3) is 0.400. The van der Waals surface area contributed by atoms with E-state index in [0.29, 0.717) is 67.8 Å². The number of rotatable bonds is 9. The summed E-state index contributed by atoms with van der Waals surface area (Å²) in [7, 11) is 1.56. The van der Waals surface area contributed by atoms with Gasteiger partial charge in [0.15, 0.2) is 0 Å². The summed E-state index contributed by atoms with van der Waals surface area (Å²) in [5.74, 6) is 1.66. The van der Waals surface area contributed by atoms with Crippen LogP contribution in [-0.2, 0) is 15.9 Å². The van der Waals surface area contributed by atoms with Gasteiger partial charge in [-0.1, -0.05) is 6.07 Å². The predicted molar refractivity (Wildman–Crippen MR) is 144 cm³/mol. The molecule has 3 aromatic rings. The van der Waals surface area contributed by atoms with Crippen LogP contribution in [0.5, 0.6) is 11.5 Å². The van der Waals surface area contributed by atoms with Gasteiger partial charge >= 0.3 is 0 Å². The first-order valence-corrected chi connectivity index (χ1v) is 13.3. The number of nitrogens with zero attached hydrogens (tertiary/aromatic N) is 4. The molecule has 0 N–H and O–H groups in total. The van der Waals surface area contributed by atoms with Crippen LogP contribution in [0.25, 0.3) is 11.3 Å². The third-order valence-electron chi connectivity index (χ3n) is 6.96. The first-order valence-electron chi connectivity index (χ1n) is 13.3. The third kappa shape index (κ3) is 6.19. The molecule has 0 atom stereocenters. The number of likely N-dealkylation sites (tertiary alicyclic amines) is 1. The van der Waals surface area contributed by atoms with E-state index in [1.165, 1.54) is 0 Å². The Kier molecular flexibility index (Phi) is 8.35. The molecule has 9 nitrogen and oxygen atoms in total. The second kappa shape index (κ2) is 12.2. The molecule has 0 bridgehead atoms. The van der Waals surface area contributed by atoms with Crippen molar-refractivity contribution >= 4 is 5.91 Å². The molecule has 3 heterocycles. The monoisotopic (exact) mass is 528 g/mol. The zero-order chi connectivity index (χ0) is 27.2. The number of benzene rings is 2. The van der Waals surface area contributed by atoms with Crippen LogP contribution < -0.4 is 9.47 Å². The molecule has 2 saturated heterocycles. The minimum atomic E-state index is -0.0647. The zero-order valence-corrected chi connectivity index (χ0v) is 22.3. The highest BCUT2D eigenvalue weighted by molar-refractivity contribution is 5.97. The van der Waals surface area contributed by atoms with Crippen LogP contribution in [-0.4, -0.2) is 73.0 Å². The van der Waals surface area contributed by atoms with Crippen molar-refractivity contribution in [1.82, 2.24) is 14.9 Å². The highest BCUT2D eigenvalue weighted by Crippen LogP contribution is 2.29. The van der Waals surface area contributed by atoms with Gasteiger partial charge in [-0.05, 0) is 48.9 Å². The molecule has 2 aliphatic heterocycles. The van der Waals surface area contributed by atoms with Crippen molar-refractivity contribution in [3.05, 3.63) is 71.2 Å². The van der Waals surface area contributed by atoms with E-state index in [-0.39, 0.29) is 18.1 Å². The van der Waals surface area contributed by atoms with Gasteiger partial charge in [0, 0.05) is 50.7 Å². The number of methoxy groups -OCH3 is 1. The van der Waals surface area contributed by atoms with E-state index in [9.17, 15) is 10.1 Å². The predicted octanol–water partition coefficient (Wildman–Crippen LogP) is 4.03. The summed E-state index contributed by atoms with van der Waals surface area (Å²) in [6.45, 7) is 5.13.